The largest absolute Gasteiger partial charge is 0.413 e. The highest BCUT2D eigenvalue weighted by atomic mass is 28.4. The summed E-state index contributed by atoms with van der Waals surface area (Å²) >= 11 is 0. The highest BCUT2D eigenvalue weighted by Crippen LogP contribution is 2.71. The predicted molar refractivity (Wildman–Crippen MR) is 141 cm³/mol. The zero-order valence-corrected chi connectivity index (χ0v) is 24.2. The van der Waals surface area contributed by atoms with Crippen LogP contribution in [0.2, 0.25) is 18.1 Å². The molecule has 0 aromatic heterocycles. The molecule has 0 N–H and O–H groups in total. The van der Waals surface area contributed by atoms with Crippen molar-refractivity contribution in [2.45, 2.75) is 137 Å². The molecule has 184 valence electrons. The summed E-state index contributed by atoms with van der Waals surface area (Å²) in [7, 11) is -1.75. The van der Waals surface area contributed by atoms with Crippen molar-refractivity contribution in [1.29, 1.82) is 0 Å². The van der Waals surface area contributed by atoms with Crippen molar-refractivity contribution >= 4 is 8.32 Å². The minimum absolute atomic E-state index is 0.281. The third-order valence-corrected chi connectivity index (χ3v) is 16.5. The van der Waals surface area contributed by atoms with E-state index in [4.69, 9.17) is 4.43 Å². The van der Waals surface area contributed by atoms with E-state index in [2.05, 4.69) is 74.6 Å². The van der Waals surface area contributed by atoms with E-state index in [0.29, 0.717) is 22.0 Å². The minimum atomic E-state index is -1.75. The Bertz CT molecular complexity index is 742. The third-order valence-electron chi connectivity index (χ3n) is 12.1. The van der Waals surface area contributed by atoms with Gasteiger partial charge in [0.1, 0.15) is 0 Å². The smallest absolute Gasteiger partial charge is 0.192 e. The van der Waals surface area contributed by atoms with Crippen molar-refractivity contribution in [3.8, 4) is 0 Å². The second-order valence-corrected chi connectivity index (χ2v) is 19.7. The first-order valence-corrected chi connectivity index (χ1v) is 17.0. The van der Waals surface area contributed by atoms with E-state index in [1.807, 2.05) is 5.57 Å². The van der Waals surface area contributed by atoms with Crippen LogP contribution in [-0.4, -0.2) is 14.4 Å². The summed E-state index contributed by atoms with van der Waals surface area (Å²) in [4.78, 5) is 0. The normalized spacial score (nSPS) is 45.3. The third kappa shape index (κ3) is 3.64. The van der Waals surface area contributed by atoms with Gasteiger partial charge in [-0.2, -0.15) is 0 Å². The van der Waals surface area contributed by atoms with Crippen molar-refractivity contribution in [1.82, 2.24) is 0 Å². The van der Waals surface area contributed by atoms with Crippen LogP contribution in [0.5, 0.6) is 0 Å². The van der Waals surface area contributed by atoms with Crippen molar-refractivity contribution in [2.24, 2.45) is 39.9 Å². The molecule has 0 radical (unpaired) electrons. The molecule has 0 spiro atoms. The van der Waals surface area contributed by atoms with Gasteiger partial charge in [0, 0.05) is 0 Å². The lowest BCUT2D eigenvalue weighted by atomic mass is 9.38. The molecule has 0 saturated heterocycles. The number of hydrogen-bond acceptors (Lipinski definition) is 1. The Kier molecular flexibility index (Phi) is 6.23. The Hall–Kier alpha value is -0.0831. The predicted octanol–water partition coefficient (Wildman–Crippen LogP) is 9.39. The molecule has 0 unspecified atom stereocenters. The quantitative estimate of drug-likeness (QED) is 0.302. The number of hydrogen-bond donors (Lipinski definition) is 0. The van der Waals surface area contributed by atoms with Gasteiger partial charge in [0.2, 0.25) is 0 Å². The van der Waals surface area contributed by atoms with E-state index < -0.39 is 8.32 Å². The van der Waals surface area contributed by atoms with Crippen LogP contribution in [-0.2, 0) is 4.43 Å². The summed E-state index contributed by atoms with van der Waals surface area (Å²) in [6.07, 6.45) is 15.6. The molecule has 0 aliphatic heterocycles. The van der Waals surface area contributed by atoms with Gasteiger partial charge in [0.25, 0.3) is 0 Å². The summed E-state index contributed by atoms with van der Waals surface area (Å²) in [5.74, 6) is 3.56. The maximum Gasteiger partial charge on any atom is 0.192 e. The number of rotatable bonds is 3. The molecule has 0 aromatic rings. The lowest BCUT2D eigenvalue weighted by Gasteiger charge is -2.67. The topological polar surface area (TPSA) is 9.23 Å². The minimum Gasteiger partial charge on any atom is -0.413 e. The molecule has 1 nitrogen and oxygen atoms in total. The summed E-state index contributed by atoms with van der Waals surface area (Å²) < 4.78 is 7.16. The fourth-order valence-electron chi connectivity index (χ4n) is 9.42. The SMILES string of the molecule is CC/C=C1\CC[C@@H]2[C@H]1CC[C@H]1[C@@]2(C)CC[C@H]2C(C)(C)[C@@H](O[Si](C)(C)C(C)(C)C)CC[C@]12C. The van der Waals surface area contributed by atoms with E-state index in [1.165, 1.54) is 57.8 Å². The summed E-state index contributed by atoms with van der Waals surface area (Å²) in [5.41, 5.74) is 3.16. The first-order chi connectivity index (χ1) is 14.7. The van der Waals surface area contributed by atoms with Crippen LogP contribution < -0.4 is 0 Å². The molecular formula is C30H54OSi. The average molecular weight is 459 g/mol. The number of allylic oxidation sites excluding steroid dienone is 2. The second kappa shape index (κ2) is 7.97. The Morgan fingerprint density at radius 2 is 1.56 bits per heavy atom. The Morgan fingerprint density at radius 3 is 2.19 bits per heavy atom. The van der Waals surface area contributed by atoms with Crippen LogP contribution in [0.1, 0.15) is 113 Å². The molecule has 4 aliphatic rings. The van der Waals surface area contributed by atoms with Gasteiger partial charge in [-0.3, -0.25) is 0 Å². The van der Waals surface area contributed by atoms with E-state index in [1.54, 1.807) is 0 Å². The van der Waals surface area contributed by atoms with E-state index in [-0.39, 0.29) is 5.41 Å². The fourth-order valence-corrected chi connectivity index (χ4v) is 10.9. The summed E-state index contributed by atoms with van der Waals surface area (Å²) in [6, 6.07) is 0. The van der Waals surface area contributed by atoms with Gasteiger partial charge in [-0.15, -0.1) is 0 Å². The molecule has 0 amide bonds. The zero-order valence-electron chi connectivity index (χ0n) is 23.2. The fraction of sp³-hybridized carbons (Fsp3) is 0.933. The zero-order chi connectivity index (χ0) is 23.7. The highest BCUT2D eigenvalue weighted by molar-refractivity contribution is 6.74. The molecular weight excluding hydrogens is 404 g/mol. The molecule has 4 fully saturated rings. The van der Waals surface area contributed by atoms with E-state index in [0.717, 1.165) is 23.7 Å². The van der Waals surface area contributed by atoms with Crippen LogP contribution in [0.4, 0.5) is 0 Å². The molecule has 32 heavy (non-hydrogen) atoms. The molecule has 7 atom stereocenters. The van der Waals surface area contributed by atoms with Crippen molar-refractivity contribution in [2.75, 3.05) is 0 Å². The van der Waals surface area contributed by atoms with E-state index in [9.17, 15) is 0 Å². The molecule has 4 saturated carbocycles. The van der Waals surface area contributed by atoms with Gasteiger partial charge < -0.3 is 4.43 Å². The Morgan fingerprint density at radius 1 is 0.906 bits per heavy atom. The van der Waals surface area contributed by atoms with Gasteiger partial charge >= 0.3 is 0 Å². The Balaban J connectivity index is 1.60. The monoisotopic (exact) mass is 458 g/mol. The maximum atomic E-state index is 7.16. The molecule has 0 heterocycles. The first kappa shape index (κ1) is 25.0. The molecule has 4 rings (SSSR count). The summed E-state index contributed by atoms with van der Waals surface area (Å²) in [6.45, 7) is 25.0. The van der Waals surface area contributed by atoms with Gasteiger partial charge in [-0.05, 0) is 116 Å². The van der Waals surface area contributed by atoms with E-state index >= 15 is 0 Å². The van der Waals surface area contributed by atoms with Crippen molar-refractivity contribution in [3.63, 3.8) is 0 Å². The van der Waals surface area contributed by atoms with Crippen LogP contribution in [0.15, 0.2) is 11.6 Å². The van der Waals surface area contributed by atoms with Crippen LogP contribution in [0.25, 0.3) is 0 Å². The van der Waals surface area contributed by atoms with Gasteiger partial charge in [0.15, 0.2) is 8.32 Å². The molecule has 0 bridgehead atoms. The molecule has 4 aliphatic carbocycles. The van der Waals surface area contributed by atoms with Crippen molar-refractivity contribution in [3.05, 3.63) is 11.6 Å². The van der Waals surface area contributed by atoms with Crippen LogP contribution in [0, 0.1) is 39.9 Å². The summed E-state index contributed by atoms with van der Waals surface area (Å²) in [5, 5.41) is 0.291. The van der Waals surface area contributed by atoms with Gasteiger partial charge in [-0.1, -0.05) is 67.0 Å². The molecule has 2 heteroatoms. The lowest BCUT2D eigenvalue weighted by molar-refractivity contribution is -0.193. The standard InChI is InChI=1S/C30H54OSi/c1-11-12-21-13-15-23-22(21)14-16-25-29(23,7)19-17-24-28(5,6)26(18-20-30(24,25)8)31-32(9,10)27(2,3)4/h12,22-26H,11,13-20H2,1-10H3/b21-12+/t22-,23+,24-,25-,26-,29-,30-/m0/s1. The molecule has 0 aromatic carbocycles. The number of fused-ring (bicyclic) bond motifs is 5. The maximum absolute atomic E-state index is 7.16. The Labute approximate surface area is 201 Å². The van der Waals surface area contributed by atoms with Crippen molar-refractivity contribution < 1.29 is 4.43 Å². The van der Waals surface area contributed by atoms with Crippen LogP contribution >= 0.6 is 0 Å². The first-order valence-electron chi connectivity index (χ1n) is 14.0. The lowest BCUT2D eigenvalue weighted by Crippen LogP contribution is -2.62. The second-order valence-electron chi connectivity index (χ2n) is 14.9. The van der Waals surface area contributed by atoms with Gasteiger partial charge in [-0.25, -0.2) is 0 Å². The van der Waals surface area contributed by atoms with Crippen LogP contribution in [0.3, 0.4) is 0 Å². The highest BCUT2D eigenvalue weighted by Gasteiger charge is 2.64. The van der Waals surface area contributed by atoms with Gasteiger partial charge in [0.05, 0.1) is 6.10 Å². The average Bonchev–Trinajstić information content (AvgIpc) is 3.07.